The predicted octanol–water partition coefficient (Wildman–Crippen LogP) is 2.07. The number of rotatable bonds is 7. The van der Waals surface area contributed by atoms with Crippen molar-refractivity contribution in [2.24, 2.45) is 0 Å². The van der Waals surface area contributed by atoms with Gasteiger partial charge in [0, 0.05) is 20.6 Å². The smallest absolute Gasteiger partial charge is 0.374 e. The number of Topliss-reactive ketones (excluding diaryl/α,β-unsaturated/α-hetero) is 1. The van der Waals surface area contributed by atoms with Crippen molar-refractivity contribution in [1.29, 1.82) is 0 Å². The highest BCUT2D eigenvalue weighted by atomic mass is 16.5. The summed E-state index contributed by atoms with van der Waals surface area (Å²) < 4.78 is 14.9. The third-order valence-electron chi connectivity index (χ3n) is 2.13. The summed E-state index contributed by atoms with van der Waals surface area (Å²) in [5, 5.41) is 0. The molecule has 0 saturated heterocycles. The Kier molecular flexibility index (Phi) is 5.42. The van der Waals surface area contributed by atoms with Crippen LogP contribution in [0.15, 0.2) is 16.5 Å². The molecule has 0 fully saturated rings. The summed E-state index contributed by atoms with van der Waals surface area (Å²) in [4.78, 5) is 22.4. The number of methoxy groups -OCH3 is 1. The van der Waals surface area contributed by atoms with Crippen molar-refractivity contribution in [2.75, 3.05) is 20.3 Å². The molecule has 0 aliphatic heterocycles. The maximum atomic E-state index is 11.5. The maximum absolute atomic E-state index is 11.5. The third kappa shape index (κ3) is 4.40. The van der Waals surface area contributed by atoms with E-state index in [1.54, 1.807) is 7.11 Å². The zero-order chi connectivity index (χ0) is 12.7. The Morgan fingerprint density at radius 1 is 1.18 bits per heavy atom. The Morgan fingerprint density at radius 2 is 1.82 bits per heavy atom. The van der Waals surface area contributed by atoms with Gasteiger partial charge in [0.15, 0.2) is 11.5 Å². The molecule has 0 spiro atoms. The van der Waals surface area contributed by atoms with Crippen molar-refractivity contribution in [3.8, 4) is 0 Å². The fourth-order valence-corrected chi connectivity index (χ4v) is 1.22. The number of hydrogen-bond acceptors (Lipinski definition) is 5. The van der Waals surface area contributed by atoms with Crippen molar-refractivity contribution in [1.82, 2.24) is 0 Å². The molecule has 0 saturated carbocycles. The number of furan rings is 1. The molecule has 0 radical (unpaired) electrons. The SMILES string of the molecule is COCCCCOC(=O)c1ccc(C(C)=O)o1. The molecule has 0 aromatic carbocycles. The number of esters is 1. The van der Waals surface area contributed by atoms with Gasteiger partial charge in [-0.1, -0.05) is 0 Å². The normalized spacial score (nSPS) is 10.2. The van der Waals surface area contributed by atoms with Gasteiger partial charge in [-0.15, -0.1) is 0 Å². The van der Waals surface area contributed by atoms with Crippen LogP contribution in [-0.2, 0) is 9.47 Å². The van der Waals surface area contributed by atoms with Crippen molar-refractivity contribution in [3.05, 3.63) is 23.7 Å². The number of ether oxygens (including phenoxy) is 2. The molecule has 17 heavy (non-hydrogen) atoms. The van der Waals surface area contributed by atoms with Gasteiger partial charge >= 0.3 is 5.97 Å². The zero-order valence-electron chi connectivity index (χ0n) is 10.0. The second-order valence-electron chi connectivity index (χ2n) is 3.56. The second kappa shape index (κ2) is 6.85. The first kappa shape index (κ1) is 13.4. The maximum Gasteiger partial charge on any atom is 0.374 e. The number of hydrogen-bond donors (Lipinski definition) is 0. The highest BCUT2D eigenvalue weighted by Gasteiger charge is 2.14. The van der Waals surface area contributed by atoms with E-state index in [1.165, 1.54) is 19.1 Å². The van der Waals surface area contributed by atoms with E-state index in [4.69, 9.17) is 13.9 Å². The molecule has 5 heteroatoms. The van der Waals surface area contributed by atoms with E-state index in [2.05, 4.69) is 0 Å². The summed E-state index contributed by atoms with van der Waals surface area (Å²) in [7, 11) is 1.62. The predicted molar refractivity (Wildman–Crippen MR) is 60.1 cm³/mol. The van der Waals surface area contributed by atoms with Crippen LogP contribution in [0.3, 0.4) is 0 Å². The lowest BCUT2D eigenvalue weighted by molar-refractivity contribution is 0.0452. The van der Waals surface area contributed by atoms with Gasteiger partial charge in [-0.25, -0.2) is 4.79 Å². The van der Waals surface area contributed by atoms with Gasteiger partial charge in [0.2, 0.25) is 5.76 Å². The second-order valence-corrected chi connectivity index (χ2v) is 3.56. The van der Waals surface area contributed by atoms with Crippen LogP contribution < -0.4 is 0 Å². The monoisotopic (exact) mass is 240 g/mol. The molecular weight excluding hydrogens is 224 g/mol. The summed E-state index contributed by atoms with van der Waals surface area (Å²) in [6.07, 6.45) is 1.57. The molecule has 1 heterocycles. The van der Waals surface area contributed by atoms with Crippen LogP contribution in [-0.4, -0.2) is 32.1 Å². The number of carbonyl (C=O) groups excluding carboxylic acids is 2. The van der Waals surface area contributed by atoms with Crippen LogP contribution in [0.25, 0.3) is 0 Å². The number of unbranched alkanes of at least 4 members (excludes halogenated alkanes) is 1. The quantitative estimate of drug-likeness (QED) is 0.414. The minimum absolute atomic E-state index is 0.0574. The average molecular weight is 240 g/mol. The molecule has 0 unspecified atom stereocenters. The van der Waals surface area contributed by atoms with E-state index in [0.717, 1.165) is 12.8 Å². The van der Waals surface area contributed by atoms with Gasteiger partial charge in [-0.2, -0.15) is 0 Å². The molecule has 0 bridgehead atoms. The fraction of sp³-hybridized carbons (Fsp3) is 0.500. The first-order valence-electron chi connectivity index (χ1n) is 5.42. The summed E-state index contributed by atoms with van der Waals surface area (Å²) in [5.41, 5.74) is 0. The molecule has 0 aliphatic rings. The lowest BCUT2D eigenvalue weighted by Gasteiger charge is -2.02. The van der Waals surface area contributed by atoms with E-state index in [9.17, 15) is 9.59 Å². The van der Waals surface area contributed by atoms with Crippen LogP contribution >= 0.6 is 0 Å². The standard InChI is InChI=1S/C12H16O5/c1-9(13)10-5-6-11(17-10)12(14)16-8-4-3-7-15-2/h5-6H,3-4,7-8H2,1-2H3. The van der Waals surface area contributed by atoms with Crippen molar-refractivity contribution in [2.45, 2.75) is 19.8 Å². The fourth-order valence-electron chi connectivity index (χ4n) is 1.22. The highest BCUT2D eigenvalue weighted by molar-refractivity contribution is 5.93. The molecule has 0 atom stereocenters. The topological polar surface area (TPSA) is 65.7 Å². The van der Waals surface area contributed by atoms with E-state index >= 15 is 0 Å². The average Bonchev–Trinajstić information content (AvgIpc) is 2.78. The van der Waals surface area contributed by atoms with Gasteiger partial charge in [-0.3, -0.25) is 4.79 Å². The number of carbonyl (C=O) groups is 2. The Bertz CT molecular complexity index is 380. The molecule has 0 aliphatic carbocycles. The Labute approximate surface area is 99.7 Å². The van der Waals surface area contributed by atoms with E-state index in [-0.39, 0.29) is 17.3 Å². The molecule has 0 amide bonds. The highest BCUT2D eigenvalue weighted by Crippen LogP contribution is 2.10. The third-order valence-corrected chi connectivity index (χ3v) is 2.13. The number of ketones is 1. The van der Waals surface area contributed by atoms with Crippen LogP contribution in [0.4, 0.5) is 0 Å². The van der Waals surface area contributed by atoms with Gasteiger partial charge < -0.3 is 13.9 Å². The van der Waals surface area contributed by atoms with Crippen molar-refractivity contribution >= 4 is 11.8 Å². The molecule has 94 valence electrons. The van der Waals surface area contributed by atoms with Crippen LogP contribution in [0, 0.1) is 0 Å². The van der Waals surface area contributed by atoms with E-state index in [1.807, 2.05) is 0 Å². The Morgan fingerprint density at radius 3 is 2.41 bits per heavy atom. The van der Waals surface area contributed by atoms with E-state index in [0.29, 0.717) is 13.2 Å². The molecule has 1 aromatic rings. The summed E-state index contributed by atoms with van der Waals surface area (Å²) in [6.45, 7) is 2.34. The van der Waals surface area contributed by atoms with Crippen LogP contribution in [0.5, 0.6) is 0 Å². The van der Waals surface area contributed by atoms with Gasteiger partial charge in [0.05, 0.1) is 6.61 Å². The minimum atomic E-state index is -0.546. The lowest BCUT2D eigenvalue weighted by atomic mass is 10.3. The van der Waals surface area contributed by atoms with Gasteiger partial charge in [0.1, 0.15) is 0 Å². The molecule has 1 aromatic heterocycles. The minimum Gasteiger partial charge on any atom is -0.460 e. The Balaban J connectivity index is 2.34. The molecule has 1 rings (SSSR count). The summed E-state index contributed by atoms with van der Waals surface area (Å²) >= 11 is 0. The van der Waals surface area contributed by atoms with E-state index < -0.39 is 5.97 Å². The van der Waals surface area contributed by atoms with Crippen LogP contribution in [0.1, 0.15) is 40.9 Å². The first-order valence-corrected chi connectivity index (χ1v) is 5.42. The van der Waals surface area contributed by atoms with Gasteiger partial charge in [-0.05, 0) is 25.0 Å². The summed E-state index contributed by atoms with van der Waals surface area (Å²) in [6, 6.07) is 2.90. The largest absolute Gasteiger partial charge is 0.460 e. The summed E-state index contributed by atoms with van der Waals surface area (Å²) in [5.74, 6) is -0.544. The Hall–Kier alpha value is -1.62. The molecule has 0 N–H and O–H groups in total. The van der Waals surface area contributed by atoms with Crippen molar-refractivity contribution < 1.29 is 23.5 Å². The first-order chi connectivity index (χ1) is 8.15. The van der Waals surface area contributed by atoms with Crippen molar-refractivity contribution in [3.63, 3.8) is 0 Å². The zero-order valence-corrected chi connectivity index (χ0v) is 10.0. The van der Waals surface area contributed by atoms with Crippen LogP contribution in [0.2, 0.25) is 0 Å². The molecular formula is C12H16O5. The molecule has 5 nitrogen and oxygen atoms in total. The van der Waals surface area contributed by atoms with Gasteiger partial charge in [0.25, 0.3) is 0 Å². The lowest BCUT2D eigenvalue weighted by Crippen LogP contribution is -2.06.